The lowest BCUT2D eigenvalue weighted by Gasteiger charge is -2.37. The van der Waals surface area contributed by atoms with Crippen LogP contribution in [0.4, 0.5) is 18.9 Å². The minimum absolute atomic E-state index is 0.0803. The molecule has 0 saturated carbocycles. The van der Waals surface area contributed by atoms with Crippen LogP contribution in [-0.2, 0) is 27.2 Å². The zero-order chi connectivity index (χ0) is 30.0. The Labute approximate surface area is 246 Å². The van der Waals surface area contributed by atoms with Crippen molar-refractivity contribution < 1.29 is 27.6 Å². The summed E-state index contributed by atoms with van der Waals surface area (Å²) in [7, 11) is 1.85. The van der Waals surface area contributed by atoms with E-state index in [0.29, 0.717) is 18.1 Å². The van der Waals surface area contributed by atoms with Gasteiger partial charge in [0, 0.05) is 59.8 Å². The van der Waals surface area contributed by atoms with Gasteiger partial charge in [0.05, 0.1) is 0 Å². The van der Waals surface area contributed by atoms with E-state index in [2.05, 4.69) is 15.6 Å². The Hall–Kier alpha value is -3.57. The van der Waals surface area contributed by atoms with E-state index >= 15 is 0 Å². The fourth-order valence-corrected chi connectivity index (χ4v) is 6.26. The Balaban J connectivity index is 1.40. The van der Waals surface area contributed by atoms with Gasteiger partial charge in [0.1, 0.15) is 6.04 Å². The number of amides is 3. The van der Waals surface area contributed by atoms with Crippen LogP contribution < -0.4 is 15.5 Å². The summed E-state index contributed by atoms with van der Waals surface area (Å²) in [4.78, 5) is 45.1. The zero-order valence-corrected chi connectivity index (χ0v) is 23.9. The average Bonchev–Trinajstić information content (AvgIpc) is 3.38. The molecule has 0 bridgehead atoms. The number of aromatic nitrogens is 1. The van der Waals surface area contributed by atoms with Gasteiger partial charge >= 0.3 is 12.1 Å². The Bertz CT molecular complexity index is 1470. The van der Waals surface area contributed by atoms with Crippen LogP contribution in [0, 0.1) is 11.8 Å². The fourth-order valence-electron chi connectivity index (χ4n) is 6.07. The van der Waals surface area contributed by atoms with Gasteiger partial charge in [-0.15, -0.1) is 0 Å². The smallest absolute Gasteiger partial charge is 0.361 e. The van der Waals surface area contributed by atoms with Crippen LogP contribution in [0.15, 0.2) is 48.7 Å². The molecule has 224 valence electrons. The monoisotopic (exact) mass is 603 g/mol. The summed E-state index contributed by atoms with van der Waals surface area (Å²) >= 11 is 6.28. The van der Waals surface area contributed by atoms with Crippen molar-refractivity contribution in [1.29, 1.82) is 0 Å². The molecule has 3 N–H and O–H groups in total. The standard InChI is InChI=1S/C30H33ClF3N5O3/c1-35-15-18-12-20-13-22(31)6-7-26(20)39(17-18)28(41)25(14-21-16-36-24-5-3-2-4-23(21)24)37-27(40)19-8-10-38(11-9-19)29(42)30(32,33)34/h2-7,13,16,18-19,25,35-36H,8-12,14-15,17H2,1H3,(H,37,40)/t18?,25-/m1/s1. The van der Waals surface area contributed by atoms with Crippen molar-refractivity contribution in [3.05, 3.63) is 64.8 Å². The van der Waals surface area contributed by atoms with Crippen molar-refractivity contribution in [2.24, 2.45) is 11.8 Å². The van der Waals surface area contributed by atoms with E-state index in [1.165, 1.54) is 0 Å². The lowest BCUT2D eigenvalue weighted by atomic mass is 9.91. The van der Waals surface area contributed by atoms with E-state index in [1.807, 2.05) is 49.6 Å². The highest BCUT2D eigenvalue weighted by Crippen LogP contribution is 2.33. The number of benzene rings is 2. The number of fused-ring (bicyclic) bond motifs is 2. The molecular weight excluding hydrogens is 571 g/mol. The van der Waals surface area contributed by atoms with Crippen molar-refractivity contribution >= 4 is 45.9 Å². The number of alkyl halides is 3. The van der Waals surface area contributed by atoms with Crippen molar-refractivity contribution in [1.82, 2.24) is 20.5 Å². The molecule has 2 aromatic carbocycles. The summed E-state index contributed by atoms with van der Waals surface area (Å²) in [6.07, 6.45) is -2.00. The molecule has 0 spiro atoms. The number of carbonyl (C=O) groups is 3. The highest BCUT2D eigenvalue weighted by Gasteiger charge is 2.44. The molecule has 1 saturated heterocycles. The Morgan fingerprint density at radius 3 is 2.57 bits per heavy atom. The first-order chi connectivity index (χ1) is 20.0. The maximum absolute atomic E-state index is 14.3. The molecule has 2 aliphatic rings. The van der Waals surface area contributed by atoms with E-state index in [9.17, 15) is 27.6 Å². The molecule has 2 atom stereocenters. The third kappa shape index (κ3) is 6.42. The quantitative estimate of drug-likeness (QED) is 0.379. The number of likely N-dealkylation sites (tertiary alicyclic amines) is 1. The Kier molecular flexibility index (Phi) is 8.79. The van der Waals surface area contributed by atoms with E-state index in [0.717, 1.165) is 39.0 Å². The van der Waals surface area contributed by atoms with E-state index in [-0.39, 0.29) is 44.2 Å². The minimum atomic E-state index is -4.95. The number of halogens is 4. The third-order valence-corrected chi connectivity index (χ3v) is 8.38. The second-order valence-electron chi connectivity index (χ2n) is 11.0. The van der Waals surface area contributed by atoms with Crippen LogP contribution in [0.3, 0.4) is 0 Å². The lowest BCUT2D eigenvalue weighted by Crippen LogP contribution is -2.55. The van der Waals surface area contributed by atoms with Crippen molar-refractivity contribution in [2.45, 2.75) is 37.9 Å². The molecule has 42 heavy (non-hydrogen) atoms. The maximum atomic E-state index is 14.3. The number of carbonyl (C=O) groups excluding carboxylic acids is 3. The average molecular weight is 604 g/mol. The second-order valence-corrected chi connectivity index (χ2v) is 11.5. The number of piperidine rings is 1. The molecule has 3 amide bonds. The highest BCUT2D eigenvalue weighted by molar-refractivity contribution is 6.30. The van der Waals surface area contributed by atoms with Gasteiger partial charge in [0.15, 0.2) is 0 Å². The topological polar surface area (TPSA) is 97.5 Å². The van der Waals surface area contributed by atoms with E-state index < -0.39 is 30.0 Å². The molecule has 1 unspecified atom stereocenters. The molecule has 0 aliphatic carbocycles. The molecule has 3 heterocycles. The number of rotatable bonds is 7. The predicted octanol–water partition coefficient (Wildman–Crippen LogP) is 4.07. The third-order valence-electron chi connectivity index (χ3n) is 8.15. The lowest BCUT2D eigenvalue weighted by molar-refractivity contribution is -0.186. The number of nitrogens with zero attached hydrogens (tertiary/aromatic N) is 2. The van der Waals surface area contributed by atoms with Crippen LogP contribution in [0.1, 0.15) is 24.0 Å². The highest BCUT2D eigenvalue weighted by atomic mass is 35.5. The first-order valence-corrected chi connectivity index (χ1v) is 14.4. The number of hydrogen-bond acceptors (Lipinski definition) is 4. The molecule has 2 aliphatic heterocycles. The van der Waals surface area contributed by atoms with Gasteiger partial charge in [-0.25, -0.2) is 0 Å². The molecule has 0 radical (unpaired) electrons. The van der Waals surface area contributed by atoms with Crippen molar-refractivity contribution in [3.8, 4) is 0 Å². The summed E-state index contributed by atoms with van der Waals surface area (Å²) in [6, 6.07) is 12.2. The maximum Gasteiger partial charge on any atom is 0.471 e. The zero-order valence-electron chi connectivity index (χ0n) is 23.1. The SMILES string of the molecule is CNCC1Cc2cc(Cl)ccc2N(C(=O)[C@@H](Cc2c[nH]c3ccccc23)NC(=O)C2CCN(C(=O)C(F)(F)F)CC2)C1. The largest absolute Gasteiger partial charge is 0.471 e. The molecule has 12 heteroatoms. The number of nitrogens with one attached hydrogen (secondary N) is 3. The molecule has 1 aromatic heterocycles. The van der Waals surface area contributed by atoms with Gasteiger partial charge in [-0.1, -0.05) is 29.8 Å². The van der Waals surface area contributed by atoms with Gasteiger partial charge in [-0.05, 0) is 74.2 Å². The minimum Gasteiger partial charge on any atom is -0.361 e. The summed E-state index contributed by atoms with van der Waals surface area (Å²) in [5.74, 6) is -3.07. The fraction of sp³-hybridized carbons (Fsp3) is 0.433. The number of anilines is 1. The Morgan fingerprint density at radius 2 is 1.86 bits per heavy atom. The number of hydrogen-bond donors (Lipinski definition) is 3. The number of H-pyrrole nitrogens is 1. The van der Waals surface area contributed by atoms with Crippen molar-refractivity contribution in [2.75, 3.05) is 38.1 Å². The molecule has 3 aromatic rings. The number of aromatic amines is 1. The predicted molar refractivity (Wildman–Crippen MR) is 154 cm³/mol. The van der Waals surface area contributed by atoms with Gasteiger partial charge < -0.3 is 25.4 Å². The van der Waals surface area contributed by atoms with Crippen LogP contribution >= 0.6 is 11.6 Å². The van der Waals surface area contributed by atoms with Gasteiger partial charge in [-0.2, -0.15) is 13.2 Å². The van der Waals surface area contributed by atoms with Crippen LogP contribution in [0.5, 0.6) is 0 Å². The first-order valence-electron chi connectivity index (χ1n) is 14.0. The summed E-state index contributed by atoms with van der Waals surface area (Å²) in [5.41, 5.74) is 3.45. The normalized spacial score (nSPS) is 18.5. The van der Waals surface area contributed by atoms with Gasteiger partial charge in [0.2, 0.25) is 11.8 Å². The second kappa shape index (κ2) is 12.3. The van der Waals surface area contributed by atoms with Crippen LogP contribution in [0.25, 0.3) is 10.9 Å². The van der Waals surface area contributed by atoms with Gasteiger partial charge in [0.25, 0.3) is 0 Å². The molecule has 8 nitrogen and oxygen atoms in total. The summed E-state index contributed by atoms with van der Waals surface area (Å²) in [5, 5.41) is 7.63. The molecular formula is C30H33ClF3N5O3. The van der Waals surface area contributed by atoms with E-state index in [4.69, 9.17) is 11.6 Å². The number of para-hydroxylation sites is 1. The first kappa shape index (κ1) is 29.9. The Morgan fingerprint density at radius 1 is 1.12 bits per heavy atom. The summed E-state index contributed by atoms with van der Waals surface area (Å²) < 4.78 is 38.7. The molecule has 5 rings (SSSR count). The van der Waals surface area contributed by atoms with Crippen molar-refractivity contribution in [3.63, 3.8) is 0 Å². The molecule has 1 fully saturated rings. The van der Waals surface area contributed by atoms with Crippen LogP contribution in [0.2, 0.25) is 5.02 Å². The summed E-state index contributed by atoms with van der Waals surface area (Å²) in [6.45, 7) is 0.782. The van der Waals surface area contributed by atoms with E-state index in [1.54, 1.807) is 11.0 Å². The van der Waals surface area contributed by atoms with Gasteiger partial charge in [-0.3, -0.25) is 14.4 Å². The van der Waals surface area contributed by atoms with Crippen LogP contribution in [-0.4, -0.2) is 73.1 Å².